The van der Waals surface area contributed by atoms with Gasteiger partial charge >= 0.3 is 0 Å². The van der Waals surface area contributed by atoms with Gasteiger partial charge in [-0.15, -0.1) is 0 Å². The average molecular weight is 228 g/mol. The van der Waals surface area contributed by atoms with Gasteiger partial charge in [-0.25, -0.2) is 0 Å². The highest BCUT2D eigenvalue weighted by Gasteiger charge is 2.14. The molecule has 0 aliphatic rings. The Balaban J connectivity index is 2.84. The number of rotatable bonds is 5. The Hall–Kier alpha value is -1.58. The predicted molar refractivity (Wildman–Crippen MR) is 57.8 cm³/mol. The van der Waals surface area contributed by atoms with Crippen LogP contribution < -0.4 is 9.47 Å². The first-order valence-corrected chi connectivity index (χ1v) is 5.05. The molecule has 0 bridgehead atoms. The third-order valence-electron chi connectivity index (χ3n) is 1.88. The molecule has 0 heterocycles. The van der Waals surface area contributed by atoms with Gasteiger partial charge in [0.25, 0.3) is 0 Å². The van der Waals surface area contributed by atoms with Crippen LogP contribution in [0.15, 0.2) is 24.3 Å². The first-order valence-electron chi connectivity index (χ1n) is 5.05. The summed E-state index contributed by atoms with van der Waals surface area (Å²) in [6.45, 7) is 4.02. The van der Waals surface area contributed by atoms with Gasteiger partial charge in [-0.2, -0.15) is 8.78 Å². The average Bonchev–Trinajstić information content (AvgIpc) is 2.28. The predicted octanol–water partition coefficient (Wildman–Crippen LogP) is 3.32. The molecule has 1 aromatic rings. The maximum absolute atomic E-state index is 13.4. The van der Waals surface area contributed by atoms with Gasteiger partial charge in [-0.3, -0.25) is 0 Å². The lowest BCUT2D eigenvalue weighted by Gasteiger charge is -2.09. The van der Waals surface area contributed by atoms with Crippen molar-refractivity contribution in [2.75, 3.05) is 13.2 Å². The van der Waals surface area contributed by atoms with Crippen LogP contribution in [0, 0.1) is 11.6 Å². The minimum atomic E-state index is -1.02. The van der Waals surface area contributed by atoms with Crippen molar-refractivity contribution in [3.05, 3.63) is 35.9 Å². The Labute approximate surface area is 93.5 Å². The zero-order valence-electron chi connectivity index (χ0n) is 9.30. The smallest absolute Gasteiger partial charge is 0.204 e. The van der Waals surface area contributed by atoms with E-state index in [-0.39, 0.29) is 24.7 Å². The van der Waals surface area contributed by atoms with E-state index < -0.39 is 11.6 Å². The number of ether oxygens (including phenoxy) is 2. The summed E-state index contributed by atoms with van der Waals surface area (Å²) in [5.41, 5.74) is 0. The van der Waals surface area contributed by atoms with Gasteiger partial charge in [0.15, 0.2) is 11.5 Å². The summed E-state index contributed by atoms with van der Waals surface area (Å²) in [5.74, 6) is -2.24. The van der Waals surface area contributed by atoms with Crippen LogP contribution in [0.4, 0.5) is 8.78 Å². The molecule has 0 atom stereocenters. The summed E-state index contributed by atoms with van der Waals surface area (Å²) in [7, 11) is 0. The van der Waals surface area contributed by atoms with E-state index in [0.29, 0.717) is 0 Å². The van der Waals surface area contributed by atoms with E-state index in [0.717, 1.165) is 0 Å². The highest BCUT2D eigenvalue weighted by Crippen LogP contribution is 2.27. The Morgan fingerprint density at radius 2 is 1.69 bits per heavy atom. The standard InChI is InChI=1S/C12H14F2O2/c1-3-5-8-16-10-7-6-9(15-4-2)11(13)12(10)14/h3,5-7H,4,8H2,1-2H3/b5-3+. The van der Waals surface area contributed by atoms with E-state index in [9.17, 15) is 8.78 Å². The van der Waals surface area contributed by atoms with Gasteiger partial charge in [0.2, 0.25) is 11.6 Å². The van der Waals surface area contributed by atoms with Gasteiger partial charge in [0.05, 0.1) is 6.61 Å². The largest absolute Gasteiger partial charge is 0.491 e. The third kappa shape index (κ3) is 2.95. The third-order valence-corrected chi connectivity index (χ3v) is 1.88. The Morgan fingerprint density at radius 3 is 2.19 bits per heavy atom. The summed E-state index contributed by atoms with van der Waals surface area (Å²) in [6, 6.07) is 2.71. The quantitative estimate of drug-likeness (QED) is 0.720. The molecule has 88 valence electrons. The first kappa shape index (κ1) is 12.5. The molecule has 1 aromatic carbocycles. The molecule has 0 saturated carbocycles. The molecule has 2 nitrogen and oxygen atoms in total. The topological polar surface area (TPSA) is 18.5 Å². The molecule has 0 aliphatic carbocycles. The maximum atomic E-state index is 13.4. The number of hydrogen-bond donors (Lipinski definition) is 0. The van der Waals surface area contributed by atoms with Gasteiger partial charge < -0.3 is 9.47 Å². The first-order chi connectivity index (χ1) is 7.70. The van der Waals surface area contributed by atoms with Crippen LogP contribution in [-0.2, 0) is 0 Å². The van der Waals surface area contributed by atoms with E-state index in [1.165, 1.54) is 12.1 Å². The summed E-state index contributed by atoms with van der Waals surface area (Å²) < 4.78 is 36.7. The Kier molecular flexibility index (Phi) is 4.76. The fourth-order valence-electron chi connectivity index (χ4n) is 1.13. The summed E-state index contributed by atoms with van der Waals surface area (Å²) in [6.07, 6.45) is 3.47. The molecular formula is C12H14F2O2. The van der Waals surface area contributed by atoms with E-state index >= 15 is 0 Å². The molecule has 0 fully saturated rings. The normalized spacial score (nSPS) is 10.8. The lowest BCUT2D eigenvalue weighted by atomic mass is 10.3. The summed E-state index contributed by atoms with van der Waals surface area (Å²) in [5, 5.41) is 0. The van der Waals surface area contributed by atoms with Gasteiger partial charge in [-0.05, 0) is 26.0 Å². The lowest BCUT2D eigenvalue weighted by Crippen LogP contribution is -2.01. The van der Waals surface area contributed by atoms with Crippen molar-refractivity contribution >= 4 is 0 Å². The molecule has 0 N–H and O–H groups in total. The van der Waals surface area contributed by atoms with Crippen molar-refractivity contribution in [1.29, 1.82) is 0 Å². The van der Waals surface area contributed by atoms with Gasteiger partial charge in [-0.1, -0.05) is 12.2 Å². The van der Waals surface area contributed by atoms with Crippen molar-refractivity contribution in [3.8, 4) is 11.5 Å². The van der Waals surface area contributed by atoms with Gasteiger partial charge in [0.1, 0.15) is 6.61 Å². The summed E-state index contributed by atoms with van der Waals surface area (Å²) in [4.78, 5) is 0. The second-order valence-electron chi connectivity index (χ2n) is 3.00. The lowest BCUT2D eigenvalue weighted by molar-refractivity contribution is 0.298. The van der Waals surface area contributed by atoms with Crippen molar-refractivity contribution in [1.82, 2.24) is 0 Å². The fourth-order valence-corrected chi connectivity index (χ4v) is 1.13. The minimum Gasteiger partial charge on any atom is -0.491 e. The number of allylic oxidation sites excluding steroid dienone is 1. The molecule has 0 aliphatic heterocycles. The van der Waals surface area contributed by atoms with Crippen LogP contribution in [0.25, 0.3) is 0 Å². The second-order valence-corrected chi connectivity index (χ2v) is 3.00. The monoisotopic (exact) mass is 228 g/mol. The second kappa shape index (κ2) is 6.10. The molecule has 0 amide bonds. The SMILES string of the molecule is C/C=C/COc1ccc(OCC)c(F)c1F. The highest BCUT2D eigenvalue weighted by atomic mass is 19.2. The van der Waals surface area contributed by atoms with E-state index in [4.69, 9.17) is 9.47 Å². The van der Waals surface area contributed by atoms with Crippen molar-refractivity contribution < 1.29 is 18.3 Å². The number of halogens is 2. The maximum Gasteiger partial charge on any atom is 0.204 e. The minimum absolute atomic E-state index is 0.0987. The molecule has 16 heavy (non-hydrogen) atoms. The zero-order valence-corrected chi connectivity index (χ0v) is 9.30. The summed E-state index contributed by atoms with van der Waals surface area (Å²) >= 11 is 0. The molecule has 0 spiro atoms. The Morgan fingerprint density at radius 1 is 1.12 bits per heavy atom. The molecule has 0 aromatic heterocycles. The van der Waals surface area contributed by atoms with E-state index in [1.54, 1.807) is 19.1 Å². The van der Waals surface area contributed by atoms with Crippen molar-refractivity contribution in [2.45, 2.75) is 13.8 Å². The number of hydrogen-bond acceptors (Lipinski definition) is 2. The van der Waals surface area contributed by atoms with Crippen LogP contribution in [0.1, 0.15) is 13.8 Å². The van der Waals surface area contributed by atoms with Gasteiger partial charge in [0, 0.05) is 0 Å². The van der Waals surface area contributed by atoms with Crippen LogP contribution in [0.5, 0.6) is 11.5 Å². The number of benzene rings is 1. The molecule has 0 saturated heterocycles. The van der Waals surface area contributed by atoms with Crippen LogP contribution in [0.2, 0.25) is 0 Å². The van der Waals surface area contributed by atoms with Crippen LogP contribution in [0.3, 0.4) is 0 Å². The van der Waals surface area contributed by atoms with Crippen LogP contribution >= 0.6 is 0 Å². The van der Waals surface area contributed by atoms with E-state index in [2.05, 4.69) is 0 Å². The highest BCUT2D eigenvalue weighted by molar-refractivity contribution is 5.35. The molecule has 1 rings (SSSR count). The molecule has 0 radical (unpaired) electrons. The van der Waals surface area contributed by atoms with Crippen LogP contribution in [-0.4, -0.2) is 13.2 Å². The molecule has 4 heteroatoms. The fraction of sp³-hybridized carbons (Fsp3) is 0.333. The Bertz CT molecular complexity index is 376. The molecule has 0 unspecified atom stereocenters. The van der Waals surface area contributed by atoms with Crippen molar-refractivity contribution in [3.63, 3.8) is 0 Å². The van der Waals surface area contributed by atoms with Crippen molar-refractivity contribution in [2.24, 2.45) is 0 Å². The molecular weight excluding hydrogens is 214 g/mol. The van der Waals surface area contributed by atoms with E-state index in [1.807, 2.05) is 6.92 Å². The zero-order chi connectivity index (χ0) is 12.0.